The second-order valence-corrected chi connectivity index (χ2v) is 6.75. The maximum Gasteiger partial charge on any atom is 0.258 e. The summed E-state index contributed by atoms with van der Waals surface area (Å²) in [6.07, 6.45) is 2.63. The minimum atomic E-state index is -0.237. The molecule has 124 valence electrons. The highest BCUT2D eigenvalue weighted by Gasteiger charge is 2.31. The van der Waals surface area contributed by atoms with Crippen LogP contribution >= 0.6 is 0 Å². The number of aromatic nitrogens is 1. The third-order valence-electron chi connectivity index (χ3n) is 4.75. The zero-order valence-electron chi connectivity index (χ0n) is 13.8. The molecule has 1 N–H and O–H groups in total. The van der Waals surface area contributed by atoms with Crippen molar-refractivity contribution in [1.82, 2.24) is 4.98 Å². The number of hydrogen-bond donors (Lipinski definition) is 1. The molecule has 1 aliphatic carbocycles. The maximum atomic E-state index is 13.0. The third-order valence-corrected chi connectivity index (χ3v) is 4.75. The number of H-pyrrole nitrogens is 1. The normalized spacial score (nSPS) is 16.9. The molecule has 1 aliphatic heterocycles. The highest BCUT2D eigenvalue weighted by molar-refractivity contribution is 6.08. The number of aryl methyl sites for hydroxylation is 1. The number of fused-ring (bicyclic) bond motifs is 1. The molecule has 0 saturated heterocycles. The van der Waals surface area contributed by atoms with Crippen LogP contribution in [-0.4, -0.2) is 30.5 Å². The van der Waals surface area contributed by atoms with Crippen molar-refractivity contribution in [2.75, 3.05) is 29.4 Å². The van der Waals surface area contributed by atoms with Gasteiger partial charge in [-0.25, -0.2) is 0 Å². The van der Waals surface area contributed by atoms with Crippen molar-refractivity contribution in [2.45, 2.75) is 19.8 Å². The van der Waals surface area contributed by atoms with Gasteiger partial charge in [-0.05, 0) is 43.9 Å². The number of amides is 1. The predicted molar refractivity (Wildman–Crippen MR) is 94.9 cm³/mol. The number of nitrogens with one attached hydrogen (secondary N) is 1. The molecule has 0 bridgehead atoms. The molecule has 0 radical (unpaired) electrons. The SMILES string of the molecule is Cc1cc(C(=O)N2CCN(CC3CC3)c3ccccc32)cc(=O)[nH]1. The van der Waals surface area contributed by atoms with E-state index in [9.17, 15) is 9.59 Å². The molecule has 2 aromatic rings. The quantitative estimate of drug-likeness (QED) is 0.944. The number of pyridine rings is 1. The van der Waals surface area contributed by atoms with Crippen LogP contribution in [0.25, 0.3) is 0 Å². The van der Waals surface area contributed by atoms with Gasteiger partial charge in [-0.15, -0.1) is 0 Å². The molecule has 1 saturated carbocycles. The molecular formula is C19H21N3O2. The number of carbonyl (C=O) groups excluding carboxylic acids is 1. The van der Waals surface area contributed by atoms with Crippen molar-refractivity contribution >= 4 is 17.3 Å². The molecule has 4 rings (SSSR count). The number of carbonyl (C=O) groups is 1. The molecule has 1 fully saturated rings. The Morgan fingerprint density at radius 1 is 1.17 bits per heavy atom. The van der Waals surface area contributed by atoms with Gasteiger partial charge < -0.3 is 14.8 Å². The fourth-order valence-electron chi connectivity index (χ4n) is 3.40. The van der Waals surface area contributed by atoms with Crippen LogP contribution in [0.2, 0.25) is 0 Å². The lowest BCUT2D eigenvalue weighted by atomic mass is 10.1. The zero-order chi connectivity index (χ0) is 16.7. The summed E-state index contributed by atoms with van der Waals surface area (Å²) in [6, 6.07) is 11.2. The lowest BCUT2D eigenvalue weighted by molar-refractivity contribution is 0.0986. The van der Waals surface area contributed by atoms with E-state index < -0.39 is 0 Å². The van der Waals surface area contributed by atoms with Crippen LogP contribution in [0.4, 0.5) is 11.4 Å². The first-order valence-corrected chi connectivity index (χ1v) is 8.48. The third kappa shape index (κ3) is 2.82. The summed E-state index contributed by atoms with van der Waals surface area (Å²) in [5.74, 6) is 0.693. The lowest BCUT2D eigenvalue weighted by Crippen LogP contribution is -2.45. The fraction of sp³-hybridized carbons (Fsp3) is 0.368. The molecule has 2 aliphatic rings. The molecule has 5 heteroatoms. The Balaban J connectivity index is 1.67. The summed E-state index contributed by atoms with van der Waals surface area (Å²) in [6.45, 7) is 4.35. The average Bonchev–Trinajstić information content (AvgIpc) is 3.38. The number of para-hydroxylation sites is 2. The fourth-order valence-corrected chi connectivity index (χ4v) is 3.40. The molecule has 5 nitrogen and oxygen atoms in total. The van der Waals surface area contributed by atoms with Crippen LogP contribution in [0.1, 0.15) is 28.9 Å². The second-order valence-electron chi connectivity index (χ2n) is 6.75. The van der Waals surface area contributed by atoms with Gasteiger partial charge in [0.1, 0.15) is 0 Å². The van der Waals surface area contributed by atoms with Gasteiger partial charge in [0.2, 0.25) is 5.56 Å². The van der Waals surface area contributed by atoms with Crippen LogP contribution in [0.5, 0.6) is 0 Å². The van der Waals surface area contributed by atoms with Gasteiger partial charge in [-0.3, -0.25) is 9.59 Å². The summed E-state index contributed by atoms with van der Waals surface area (Å²) in [5, 5.41) is 0. The van der Waals surface area contributed by atoms with Crippen LogP contribution in [0, 0.1) is 12.8 Å². The van der Waals surface area contributed by atoms with Crippen LogP contribution in [-0.2, 0) is 0 Å². The number of anilines is 2. The van der Waals surface area contributed by atoms with E-state index in [-0.39, 0.29) is 11.5 Å². The Hall–Kier alpha value is -2.56. The van der Waals surface area contributed by atoms with Crippen molar-refractivity contribution in [3.63, 3.8) is 0 Å². The van der Waals surface area contributed by atoms with Crippen molar-refractivity contribution in [2.24, 2.45) is 5.92 Å². The summed E-state index contributed by atoms with van der Waals surface area (Å²) in [4.78, 5) is 31.5. The molecule has 1 aromatic carbocycles. The molecule has 24 heavy (non-hydrogen) atoms. The molecule has 1 amide bonds. The lowest BCUT2D eigenvalue weighted by Gasteiger charge is -2.38. The minimum absolute atomic E-state index is 0.109. The Labute approximate surface area is 140 Å². The smallest absolute Gasteiger partial charge is 0.258 e. The zero-order valence-corrected chi connectivity index (χ0v) is 13.8. The van der Waals surface area contributed by atoms with Gasteiger partial charge in [-0.2, -0.15) is 0 Å². The number of aromatic amines is 1. The summed E-state index contributed by atoms with van der Waals surface area (Å²) in [7, 11) is 0. The predicted octanol–water partition coefficient (Wildman–Crippen LogP) is 2.56. The van der Waals surface area contributed by atoms with E-state index in [1.54, 1.807) is 17.9 Å². The Morgan fingerprint density at radius 2 is 1.92 bits per heavy atom. The first kappa shape index (κ1) is 15.0. The summed E-state index contributed by atoms with van der Waals surface area (Å²) >= 11 is 0. The van der Waals surface area contributed by atoms with Crippen LogP contribution < -0.4 is 15.4 Å². The molecule has 0 atom stereocenters. The second kappa shape index (κ2) is 5.82. The monoisotopic (exact) mass is 323 g/mol. The van der Waals surface area contributed by atoms with Crippen LogP contribution in [0.15, 0.2) is 41.2 Å². The minimum Gasteiger partial charge on any atom is -0.368 e. The van der Waals surface area contributed by atoms with Gasteiger partial charge >= 0.3 is 0 Å². The topological polar surface area (TPSA) is 56.4 Å². The molecule has 1 aromatic heterocycles. The highest BCUT2D eigenvalue weighted by Crippen LogP contribution is 2.37. The summed E-state index contributed by atoms with van der Waals surface area (Å²) in [5.41, 5.74) is 2.96. The first-order chi connectivity index (χ1) is 11.6. The van der Waals surface area contributed by atoms with Gasteiger partial charge in [-0.1, -0.05) is 12.1 Å². The highest BCUT2D eigenvalue weighted by atomic mass is 16.2. The molecule has 0 unspecified atom stereocenters. The molecular weight excluding hydrogens is 302 g/mol. The van der Waals surface area contributed by atoms with Gasteiger partial charge in [0.15, 0.2) is 0 Å². The van der Waals surface area contributed by atoms with Crippen LogP contribution in [0.3, 0.4) is 0 Å². The van der Waals surface area contributed by atoms with Crippen molar-refractivity contribution in [1.29, 1.82) is 0 Å². The van der Waals surface area contributed by atoms with E-state index in [1.165, 1.54) is 18.9 Å². The number of nitrogens with zero attached hydrogens (tertiary/aromatic N) is 2. The van der Waals surface area contributed by atoms with Gasteiger partial charge in [0, 0.05) is 37.0 Å². The Kier molecular flexibility index (Phi) is 3.63. The molecule has 0 spiro atoms. The van der Waals surface area contributed by atoms with E-state index in [0.29, 0.717) is 17.8 Å². The number of rotatable bonds is 3. The number of benzene rings is 1. The summed E-state index contributed by atoms with van der Waals surface area (Å²) < 4.78 is 0. The Bertz CT molecular complexity index is 839. The van der Waals surface area contributed by atoms with E-state index in [0.717, 1.165) is 30.4 Å². The Morgan fingerprint density at radius 3 is 2.62 bits per heavy atom. The van der Waals surface area contributed by atoms with Crippen molar-refractivity contribution in [3.8, 4) is 0 Å². The van der Waals surface area contributed by atoms with Crippen molar-refractivity contribution < 1.29 is 4.79 Å². The van der Waals surface area contributed by atoms with Gasteiger partial charge in [0.25, 0.3) is 5.91 Å². The average molecular weight is 323 g/mol. The standard InChI is InChI=1S/C19H21N3O2/c1-13-10-15(11-18(23)20-13)19(24)22-9-8-21(12-14-6-7-14)16-4-2-3-5-17(16)22/h2-5,10-11,14H,6-9,12H2,1H3,(H,20,23). The molecule has 2 heterocycles. The van der Waals surface area contributed by atoms with E-state index in [2.05, 4.69) is 16.0 Å². The van der Waals surface area contributed by atoms with Crippen molar-refractivity contribution in [3.05, 3.63) is 58.0 Å². The van der Waals surface area contributed by atoms with E-state index >= 15 is 0 Å². The van der Waals surface area contributed by atoms with E-state index in [1.807, 2.05) is 18.2 Å². The largest absolute Gasteiger partial charge is 0.368 e. The van der Waals surface area contributed by atoms with E-state index in [4.69, 9.17) is 0 Å². The maximum absolute atomic E-state index is 13.0. The first-order valence-electron chi connectivity index (χ1n) is 8.48. The number of hydrogen-bond acceptors (Lipinski definition) is 3. The van der Waals surface area contributed by atoms with Gasteiger partial charge in [0.05, 0.1) is 11.4 Å².